The fraction of sp³-hybridized carbons (Fsp3) is 0.455. The van der Waals surface area contributed by atoms with Gasteiger partial charge in [0.1, 0.15) is 0 Å². The highest BCUT2D eigenvalue weighted by molar-refractivity contribution is 5.59. The van der Waals surface area contributed by atoms with Crippen LogP contribution in [0.1, 0.15) is 36.7 Å². The lowest BCUT2D eigenvalue weighted by molar-refractivity contribution is 0.0903. The van der Waals surface area contributed by atoms with E-state index in [-0.39, 0.29) is 18.2 Å². The third-order valence-electron chi connectivity index (χ3n) is 5.57. The van der Waals surface area contributed by atoms with Crippen LogP contribution in [0.3, 0.4) is 0 Å². The molecule has 0 aromatic carbocycles. The highest BCUT2D eigenvalue weighted by Crippen LogP contribution is 2.23. The van der Waals surface area contributed by atoms with Crippen LogP contribution in [0.25, 0.3) is 11.3 Å². The molecule has 0 spiro atoms. The van der Waals surface area contributed by atoms with Crippen molar-refractivity contribution in [2.24, 2.45) is 7.05 Å². The Labute approximate surface area is 180 Å². The van der Waals surface area contributed by atoms with Gasteiger partial charge in [0.2, 0.25) is 5.95 Å². The Hall–Kier alpha value is -3.04. The molecule has 31 heavy (non-hydrogen) atoms. The van der Waals surface area contributed by atoms with Gasteiger partial charge in [-0.2, -0.15) is 5.10 Å². The maximum atomic E-state index is 13.0. The summed E-state index contributed by atoms with van der Waals surface area (Å²) in [7, 11) is 1.85. The maximum Gasteiger partial charge on any atom is 0.251 e. The van der Waals surface area contributed by atoms with Gasteiger partial charge in [-0.25, -0.2) is 9.97 Å². The predicted octanol–water partition coefficient (Wildman–Crippen LogP) is 1.91. The zero-order valence-electron chi connectivity index (χ0n) is 17.9. The maximum absolute atomic E-state index is 13.0. The quantitative estimate of drug-likeness (QED) is 0.597. The summed E-state index contributed by atoms with van der Waals surface area (Å²) in [4.78, 5) is 21.9. The summed E-state index contributed by atoms with van der Waals surface area (Å²) in [6.07, 6.45) is 5.72. The summed E-state index contributed by atoms with van der Waals surface area (Å²) in [5.41, 5.74) is 3.00. The van der Waals surface area contributed by atoms with Crippen molar-refractivity contribution in [3.8, 4) is 11.3 Å². The molecule has 1 atom stereocenters. The number of aliphatic hydroxyl groups is 1. The van der Waals surface area contributed by atoms with Crippen molar-refractivity contribution in [2.75, 3.05) is 25.1 Å². The van der Waals surface area contributed by atoms with Gasteiger partial charge < -0.3 is 19.7 Å². The van der Waals surface area contributed by atoms with E-state index >= 15 is 0 Å². The largest absolute Gasteiger partial charge is 0.396 e. The first-order valence-corrected chi connectivity index (χ1v) is 10.6. The Morgan fingerprint density at radius 3 is 2.77 bits per heavy atom. The molecule has 9 nitrogen and oxygen atoms in total. The molecule has 3 aromatic rings. The third kappa shape index (κ3) is 4.83. The monoisotopic (exact) mass is 424 g/mol. The lowest BCUT2D eigenvalue weighted by Crippen LogP contribution is -2.28. The summed E-state index contributed by atoms with van der Waals surface area (Å²) in [6.45, 7) is 3.35. The van der Waals surface area contributed by atoms with Crippen LogP contribution in [-0.2, 0) is 11.8 Å². The van der Waals surface area contributed by atoms with Gasteiger partial charge in [-0.3, -0.25) is 9.48 Å². The summed E-state index contributed by atoms with van der Waals surface area (Å²) in [5.74, 6) is 0.553. The van der Waals surface area contributed by atoms with Crippen molar-refractivity contribution >= 4 is 5.95 Å². The zero-order chi connectivity index (χ0) is 21.8. The SMILES string of the molecule is Cc1cc([C@@H](CCO)n2ccc(-c3ccnc(NC4CCOCC4)n3)cc2=O)n(C)n1. The summed E-state index contributed by atoms with van der Waals surface area (Å²) >= 11 is 0. The van der Waals surface area contributed by atoms with Crippen LogP contribution in [0.4, 0.5) is 5.95 Å². The molecule has 0 amide bonds. The van der Waals surface area contributed by atoms with Crippen molar-refractivity contribution in [1.29, 1.82) is 0 Å². The minimum atomic E-state index is -0.297. The number of nitrogens with one attached hydrogen (secondary N) is 1. The first-order valence-electron chi connectivity index (χ1n) is 10.6. The smallest absolute Gasteiger partial charge is 0.251 e. The van der Waals surface area contributed by atoms with Crippen LogP contribution in [0, 0.1) is 6.92 Å². The number of hydrogen-bond donors (Lipinski definition) is 2. The minimum Gasteiger partial charge on any atom is -0.396 e. The molecule has 1 fully saturated rings. The number of anilines is 1. The van der Waals surface area contributed by atoms with Crippen molar-refractivity contribution in [2.45, 2.75) is 38.3 Å². The van der Waals surface area contributed by atoms with E-state index in [1.165, 1.54) is 0 Å². The molecule has 3 aromatic heterocycles. The fourth-order valence-corrected chi connectivity index (χ4v) is 4.01. The number of pyridine rings is 1. The molecule has 0 radical (unpaired) electrons. The molecule has 1 aliphatic heterocycles. The number of rotatable bonds is 7. The Morgan fingerprint density at radius 1 is 1.29 bits per heavy atom. The van der Waals surface area contributed by atoms with Gasteiger partial charge in [0.15, 0.2) is 0 Å². The molecular weight excluding hydrogens is 396 g/mol. The second-order valence-electron chi connectivity index (χ2n) is 7.82. The summed E-state index contributed by atoms with van der Waals surface area (Å²) in [6, 6.07) is 7.18. The number of aryl methyl sites for hydroxylation is 2. The molecule has 2 N–H and O–H groups in total. The Balaban J connectivity index is 1.60. The second-order valence-corrected chi connectivity index (χ2v) is 7.82. The molecule has 4 heterocycles. The fourth-order valence-electron chi connectivity index (χ4n) is 4.01. The first-order chi connectivity index (χ1) is 15.0. The number of aliphatic hydroxyl groups excluding tert-OH is 1. The van der Waals surface area contributed by atoms with E-state index in [4.69, 9.17) is 4.74 Å². The van der Waals surface area contributed by atoms with E-state index in [0.29, 0.717) is 24.1 Å². The van der Waals surface area contributed by atoms with Gasteiger partial charge in [-0.05, 0) is 44.4 Å². The molecule has 0 bridgehead atoms. The topological polar surface area (TPSA) is 107 Å². The summed E-state index contributed by atoms with van der Waals surface area (Å²) < 4.78 is 8.79. The Kier molecular flexibility index (Phi) is 6.43. The highest BCUT2D eigenvalue weighted by Gasteiger charge is 2.20. The van der Waals surface area contributed by atoms with E-state index in [0.717, 1.165) is 43.0 Å². The van der Waals surface area contributed by atoms with E-state index in [1.54, 1.807) is 33.8 Å². The van der Waals surface area contributed by atoms with Crippen molar-refractivity contribution in [3.63, 3.8) is 0 Å². The van der Waals surface area contributed by atoms with Crippen molar-refractivity contribution in [1.82, 2.24) is 24.3 Å². The van der Waals surface area contributed by atoms with Gasteiger partial charge in [-0.15, -0.1) is 0 Å². The third-order valence-corrected chi connectivity index (χ3v) is 5.57. The molecule has 164 valence electrons. The average Bonchev–Trinajstić information content (AvgIpc) is 3.11. The lowest BCUT2D eigenvalue weighted by atomic mass is 10.1. The Bertz CT molecular complexity index is 1090. The highest BCUT2D eigenvalue weighted by atomic mass is 16.5. The molecule has 0 unspecified atom stereocenters. The van der Waals surface area contributed by atoms with Gasteiger partial charge in [-0.1, -0.05) is 0 Å². The van der Waals surface area contributed by atoms with E-state index in [9.17, 15) is 9.90 Å². The van der Waals surface area contributed by atoms with Crippen LogP contribution in [0.5, 0.6) is 0 Å². The van der Waals surface area contributed by atoms with E-state index in [1.807, 2.05) is 26.1 Å². The molecule has 1 saturated heterocycles. The van der Waals surface area contributed by atoms with Crippen molar-refractivity contribution in [3.05, 3.63) is 58.4 Å². The average molecular weight is 425 g/mol. The van der Waals surface area contributed by atoms with Gasteiger partial charge >= 0.3 is 0 Å². The number of ether oxygens (including phenoxy) is 1. The molecule has 4 rings (SSSR count). The van der Waals surface area contributed by atoms with Gasteiger partial charge in [0.05, 0.1) is 23.1 Å². The van der Waals surface area contributed by atoms with Crippen LogP contribution in [0.15, 0.2) is 41.5 Å². The van der Waals surface area contributed by atoms with E-state index in [2.05, 4.69) is 20.4 Å². The lowest BCUT2D eigenvalue weighted by Gasteiger charge is -2.23. The van der Waals surface area contributed by atoms with Gasteiger partial charge in [0.25, 0.3) is 5.56 Å². The predicted molar refractivity (Wildman–Crippen MR) is 117 cm³/mol. The minimum absolute atomic E-state index is 0.0315. The molecular formula is C22H28N6O3. The number of hydrogen-bond acceptors (Lipinski definition) is 7. The zero-order valence-corrected chi connectivity index (χ0v) is 17.9. The standard InChI is InChI=1S/C22H28N6O3/c1-15-13-20(27(2)26-15)19(5-10-29)28-9-4-16(14-21(28)30)18-3-8-23-22(25-18)24-17-6-11-31-12-7-17/h3-4,8-9,13-14,17,19,29H,5-7,10-12H2,1-2H3,(H,23,24,25)/t19-/m1/s1. The van der Waals surface area contributed by atoms with Crippen LogP contribution >= 0.6 is 0 Å². The summed E-state index contributed by atoms with van der Waals surface area (Å²) in [5, 5.41) is 17.3. The molecule has 9 heteroatoms. The van der Waals surface area contributed by atoms with Crippen LogP contribution < -0.4 is 10.9 Å². The van der Waals surface area contributed by atoms with Gasteiger partial charge in [0, 0.05) is 56.9 Å². The van der Waals surface area contributed by atoms with Crippen molar-refractivity contribution < 1.29 is 9.84 Å². The van der Waals surface area contributed by atoms with Crippen LogP contribution in [-0.4, -0.2) is 55.3 Å². The molecule has 1 aliphatic rings. The molecule has 0 saturated carbocycles. The van der Waals surface area contributed by atoms with E-state index < -0.39 is 0 Å². The Morgan fingerprint density at radius 2 is 2.10 bits per heavy atom. The van der Waals surface area contributed by atoms with Crippen LogP contribution in [0.2, 0.25) is 0 Å². The second kappa shape index (κ2) is 9.40. The molecule has 0 aliphatic carbocycles. The number of aromatic nitrogens is 5. The number of nitrogens with zero attached hydrogens (tertiary/aromatic N) is 5. The first kappa shape index (κ1) is 21.2. The normalized spacial score (nSPS) is 15.7.